The van der Waals surface area contributed by atoms with Gasteiger partial charge in [0.15, 0.2) is 0 Å². The molecule has 0 saturated heterocycles. The van der Waals surface area contributed by atoms with Crippen molar-refractivity contribution in [2.45, 2.75) is 26.2 Å². The number of fused-ring (bicyclic) bond motifs is 1. The van der Waals surface area contributed by atoms with Crippen LogP contribution < -0.4 is 0 Å². The number of carbonyl (C=O) groups is 1. The maximum Gasteiger partial charge on any atom is 0.226 e. The highest BCUT2D eigenvalue weighted by molar-refractivity contribution is 5.79. The van der Waals surface area contributed by atoms with E-state index >= 15 is 0 Å². The summed E-state index contributed by atoms with van der Waals surface area (Å²) in [4.78, 5) is 15.2. The van der Waals surface area contributed by atoms with Crippen LogP contribution in [0.15, 0.2) is 63.4 Å². The fourth-order valence-corrected chi connectivity index (χ4v) is 3.08. The molecule has 4 rings (SSSR count). The molecular weight excluding hydrogens is 326 g/mol. The zero-order chi connectivity index (χ0) is 17.9. The van der Waals surface area contributed by atoms with Crippen LogP contribution in [0.1, 0.15) is 29.2 Å². The molecule has 4 heteroatoms. The lowest BCUT2D eigenvalue weighted by Crippen LogP contribution is -1.88. The summed E-state index contributed by atoms with van der Waals surface area (Å²) in [5.41, 5.74) is 3.83. The van der Waals surface area contributed by atoms with Crippen molar-refractivity contribution in [3.8, 4) is 11.5 Å². The molecule has 26 heavy (non-hydrogen) atoms. The number of hydrogen-bond acceptors (Lipinski definition) is 4. The standard InChI is InChI=1S/C22H19NO3/c1-15-20(23-22(25-15)17-7-3-2-4-8-17)14-19-13-18-12-16(6-5-11-24)9-10-21(18)26-19/h2-4,7-13H,5-6,14H2,1H3. The van der Waals surface area contributed by atoms with Crippen LogP contribution in [0.3, 0.4) is 0 Å². The molecule has 0 saturated carbocycles. The SMILES string of the molecule is Cc1oc(-c2ccccc2)nc1Cc1cc2cc(CCC=O)ccc2o1. The van der Waals surface area contributed by atoms with Gasteiger partial charge in [0.25, 0.3) is 0 Å². The number of nitrogens with zero attached hydrogens (tertiary/aromatic N) is 1. The van der Waals surface area contributed by atoms with Gasteiger partial charge in [-0.05, 0) is 49.2 Å². The minimum atomic E-state index is 0.538. The number of rotatable bonds is 6. The predicted octanol–water partition coefficient (Wildman–Crippen LogP) is 5.12. The Bertz CT molecular complexity index is 1040. The molecule has 4 nitrogen and oxygen atoms in total. The molecule has 130 valence electrons. The van der Waals surface area contributed by atoms with E-state index in [-0.39, 0.29) is 0 Å². The summed E-state index contributed by atoms with van der Waals surface area (Å²) < 4.78 is 11.8. The number of furan rings is 1. The summed E-state index contributed by atoms with van der Waals surface area (Å²) in [6.45, 7) is 1.93. The molecule has 2 heterocycles. The third kappa shape index (κ3) is 3.31. The third-order valence-corrected chi connectivity index (χ3v) is 4.44. The van der Waals surface area contributed by atoms with Crippen LogP contribution in [-0.4, -0.2) is 11.3 Å². The highest BCUT2D eigenvalue weighted by Gasteiger charge is 2.14. The first kappa shape index (κ1) is 16.3. The van der Waals surface area contributed by atoms with Gasteiger partial charge >= 0.3 is 0 Å². The van der Waals surface area contributed by atoms with Gasteiger partial charge in [0.05, 0.1) is 12.1 Å². The smallest absolute Gasteiger partial charge is 0.226 e. The molecule has 0 aliphatic rings. The summed E-state index contributed by atoms with van der Waals surface area (Å²) in [5, 5.41) is 1.05. The van der Waals surface area contributed by atoms with Gasteiger partial charge in [-0.2, -0.15) is 0 Å². The molecule has 0 N–H and O–H groups in total. The summed E-state index contributed by atoms with van der Waals surface area (Å²) >= 11 is 0. The Hall–Kier alpha value is -3.14. The van der Waals surface area contributed by atoms with Gasteiger partial charge in [-0.25, -0.2) is 4.98 Å². The van der Waals surface area contributed by atoms with Crippen LogP contribution in [0.25, 0.3) is 22.4 Å². The van der Waals surface area contributed by atoms with Gasteiger partial charge in [-0.15, -0.1) is 0 Å². The molecule has 0 unspecified atom stereocenters. The van der Waals surface area contributed by atoms with Crippen LogP contribution in [0.5, 0.6) is 0 Å². The normalized spacial score (nSPS) is 11.1. The fraction of sp³-hybridized carbons (Fsp3) is 0.182. The van der Waals surface area contributed by atoms with E-state index in [1.165, 1.54) is 0 Å². The summed E-state index contributed by atoms with van der Waals surface area (Å²) in [6, 6.07) is 18.0. The van der Waals surface area contributed by atoms with E-state index in [9.17, 15) is 4.79 Å². The minimum Gasteiger partial charge on any atom is -0.461 e. The Kier molecular flexibility index (Phi) is 4.40. The van der Waals surface area contributed by atoms with Crippen LogP contribution in [0, 0.1) is 6.92 Å². The zero-order valence-corrected chi connectivity index (χ0v) is 14.6. The van der Waals surface area contributed by atoms with Gasteiger partial charge in [-0.3, -0.25) is 0 Å². The molecule has 0 fully saturated rings. The van der Waals surface area contributed by atoms with Crippen molar-refractivity contribution < 1.29 is 13.6 Å². The quantitative estimate of drug-likeness (QED) is 0.455. The summed E-state index contributed by atoms with van der Waals surface area (Å²) in [5.74, 6) is 2.28. The van der Waals surface area contributed by atoms with Crippen molar-refractivity contribution in [1.29, 1.82) is 0 Å². The number of aromatic nitrogens is 1. The van der Waals surface area contributed by atoms with Crippen molar-refractivity contribution >= 4 is 17.3 Å². The highest BCUT2D eigenvalue weighted by Crippen LogP contribution is 2.26. The number of oxazole rings is 1. The van der Waals surface area contributed by atoms with Crippen molar-refractivity contribution in [2.24, 2.45) is 0 Å². The fourth-order valence-electron chi connectivity index (χ4n) is 3.08. The van der Waals surface area contributed by atoms with E-state index in [4.69, 9.17) is 8.83 Å². The second kappa shape index (κ2) is 7.00. The van der Waals surface area contributed by atoms with Gasteiger partial charge < -0.3 is 13.6 Å². The lowest BCUT2D eigenvalue weighted by atomic mass is 10.1. The number of aldehydes is 1. The van der Waals surface area contributed by atoms with Crippen LogP contribution in [-0.2, 0) is 17.6 Å². The van der Waals surface area contributed by atoms with Crippen molar-refractivity contribution in [2.75, 3.05) is 0 Å². The first-order valence-electron chi connectivity index (χ1n) is 8.69. The summed E-state index contributed by atoms with van der Waals surface area (Å²) in [6.07, 6.45) is 2.82. The van der Waals surface area contributed by atoms with Crippen LogP contribution in [0.2, 0.25) is 0 Å². The Morgan fingerprint density at radius 1 is 1.04 bits per heavy atom. The second-order valence-electron chi connectivity index (χ2n) is 6.35. The molecule has 0 amide bonds. The average molecular weight is 345 g/mol. The first-order valence-corrected chi connectivity index (χ1v) is 8.69. The Morgan fingerprint density at radius 2 is 1.88 bits per heavy atom. The van der Waals surface area contributed by atoms with Gasteiger partial charge in [0.2, 0.25) is 5.89 Å². The second-order valence-corrected chi connectivity index (χ2v) is 6.35. The first-order chi connectivity index (χ1) is 12.7. The molecule has 2 aromatic carbocycles. The molecule has 0 bridgehead atoms. The van der Waals surface area contributed by atoms with E-state index in [0.29, 0.717) is 18.7 Å². The number of hydrogen-bond donors (Lipinski definition) is 0. The van der Waals surface area contributed by atoms with Crippen molar-refractivity contribution in [3.05, 3.63) is 77.4 Å². The molecule has 0 atom stereocenters. The monoisotopic (exact) mass is 345 g/mol. The Labute approximate surface area is 151 Å². The molecule has 2 aromatic heterocycles. The lowest BCUT2D eigenvalue weighted by molar-refractivity contribution is -0.107. The highest BCUT2D eigenvalue weighted by atomic mass is 16.4. The zero-order valence-electron chi connectivity index (χ0n) is 14.6. The maximum absolute atomic E-state index is 10.6. The van der Waals surface area contributed by atoms with Crippen molar-refractivity contribution in [3.63, 3.8) is 0 Å². The van der Waals surface area contributed by atoms with E-state index < -0.39 is 0 Å². The Morgan fingerprint density at radius 3 is 2.69 bits per heavy atom. The van der Waals surface area contributed by atoms with Crippen molar-refractivity contribution in [1.82, 2.24) is 4.98 Å². The van der Waals surface area contributed by atoms with Gasteiger partial charge in [0, 0.05) is 17.4 Å². The van der Waals surface area contributed by atoms with E-state index in [1.54, 1.807) is 0 Å². The van der Waals surface area contributed by atoms with E-state index in [0.717, 1.165) is 52.0 Å². The molecular formula is C22H19NO3. The molecule has 0 spiro atoms. The summed E-state index contributed by atoms with van der Waals surface area (Å²) in [7, 11) is 0. The molecule has 0 aliphatic carbocycles. The lowest BCUT2D eigenvalue weighted by Gasteiger charge is -1.96. The van der Waals surface area contributed by atoms with Gasteiger partial charge in [-0.1, -0.05) is 24.3 Å². The number of benzene rings is 2. The van der Waals surface area contributed by atoms with E-state index in [2.05, 4.69) is 11.1 Å². The molecule has 4 aromatic rings. The third-order valence-electron chi connectivity index (χ3n) is 4.44. The molecule has 0 aliphatic heterocycles. The largest absolute Gasteiger partial charge is 0.461 e. The number of aryl methyl sites for hydroxylation is 2. The topological polar surface area (TPSA) is 56.2 Å². The maximum atomic E-state index is 10.6. The number of carbonyl (C=O) groups excluding carboxylic acids is 1. The minimum absolute atomic E-state index is 0.538. The average Bonchev–Trinajstić information content (AvgIpc) is 3.23. The van der Waals surface area contributed by atoms with Gasteiger partial charge in [0.1, 0.15) is 23.4 Å². The molecule has 0 radical (unpaired) electrons. The van der Waals surface area contributed by atoms with E-state index in [1.807, 2.05) is 55.5 Å². The van der Waals surface area contributed by atoms with Crippen LogP contribution in [0.4, 0.5) is 0 Å². The predicted molar refractivity (Wildman–Crippen MR) is 100 cm³/mol. The Balaban J connectivity index is 1.59. The van der Waals surface area contributed by atoms with Crippen LogP contribution >= 0.6 is 0 Å².